The molecule has 2 N–H and O–H groups in total. The van der Waals surface area contributed by atoms with E-state index in [0.29, 0.717) is 11.0 Å². The van der Waals surface area contributed by atoms with Gasteiger partial charge in [-0.2, -0.15) is 0 Å². The first-order valence-electron chi connectivity index (χ1n) is 4.47. The highest BCUT2D eigenvalue weighted by Gasteiger charge is 2.08. The van der Waals surface area contributed by atoms with Crippen molar-refractivity contribution >= 4 is 17.0 Å². The number of esters is 1. The van der Waals surface area contributed by atoms with E-state index in [1.54, 1.807) is 18.2 Å². The molecule has 1 aromatic heterocycles. The molecule has 0 atom stereocenters. The summed E-state index contributed by atoms with van der Waals surface area (Å²) >= 11 is 0. The molecule has 0 aliphatic carbocycles. The largest absolute Gasteiger partial charge is 0.469 e. The number of H-pyrrole nitrogens is 2. The predicted octanol–water partition coefficient (Wildman–Crippen LogP) is 0.572. The van der Waals surface area contributed by atoms with Crippen LogP contribution in [0.5, 0.6) is 0 Å². The summed E-state index contributed by atoms with van der Waals surface area (Å²) in [5.41, 5.74) is 1.83. The smallest absolute Gasteiger partial charge is 0.323 e. The van der Waals surface area contributed by atoms with Gasteiger partial charge >= 0.3 is 11.7 Å². The molecule has 0 unspecified atom stereocenters. The van der Waals surface area contributed by atoms with E-state index in [-0.39, 0.29) is 18.1 Å². The normalized spacial score (nSPS) is 10.5. The average Bonchev–Trinajstić information content (AvgIpc) is 2.59. The molecule has 0 amide bonds. The number of aromatic amines is 2. The Hall–Kier alpha value is -2.04. The Morgan fingerprint density at radius 2 is 2.20 bits per heavy atom. The highest BCUT2D eigenvalue weighted by atomic mass is 16.5. The van der Waals surface area contributed by atoms with E-state index >= 15 is 0 Å². The number of carbonyl (C=O) groups is 1. The Morgan fingerprint density at radius 3 is 2.93 bits per heavy atom. The lowest BCUT2D eigenvalue weighted by molar-refractivity contribution is -0.139. The SMILES string of the molecule is COC(=O)Cc1cccc2[nH]c(=O)[nH]c12. The molecule has 0 saturated carbocycles. The predicted molar refractivity (Wildman–Crippen MR) is 54.6 cm³/mol. The summed E-state index contributed by atoms with van der Waals surface area (Å²) in [5.74, 6) is -0.329. The quantitative estimate of drug-likeness (QED) is 0.705. The summed E-state index contributed by atoms with van der Waals surface area (Å²) in [6.07, 6.45) is 0.154. The summed E-state index contributed by atoms with van der Waals surface area (Å²) in [6, 6.07) is 5.33. The number of carbonyl (C=O) groups excluding carboxylic acids is 1. The van der Waals surface area contributed by atoms with Gasteiger partial charge in [0.1, 0.15) is 0 Å². The maximum absolute atomic E-state index is 11.1. The summed E-state index contributed by atoms with van der Waals surface area (Å²) in [6.45, 7) is 0. The lowest BCUT2D eigenvalue weighted by Crippen LogP contribution is -2.05. The van der Waals surface area contributed by atoms with Crippen molar-refractivity contribution in [1.29, 1.82) is 0 Å². The molecule has 5 heteroatoms. The molecule has 0 saturated heterocycles. The van der Waals surface area contributed by atoms with Crippen molar-refractivity contribution in [1.82, 2.24) is 9.97 Å². The van der Waals surface area contributed by atoms with Crippen LogP contribution in [0, 0.1) is 0 Å². The molecule has 78 valence electrons. The first-order valence-corrected chi connectivity index (χ1v) is 4.47. The van der Waals surface area contributed by atoms with Gasteiger partial charge in [-0.15, -0.1) is 0 Å². The van der Waals surface area contributed by atoms with Crippen molar-refractivity contribution in [3.05, 3.63) is 34.2 Å². The lowest BCUT2D eigenvalue weighted by atomic mass is 10.1. The first-order chi connectivity index (χ1) is 7.20. The van der Waals surface area contributed by atoms with E-state index in [2.05, 4.69) is 14.7 Å². The second-order valence-corrected chi connectivity index (χ2v) is 3.17. The van der Waals surface area contributed by atoms with Crippen LogP contribution in [0.15, 0.2) is 23.0 Å². The average molecular weight is 206 g/mol. The molecule has 0 aliphatic heterocycles. The van der Waals surface area contributed by atoms with Crippen molar-refractivity contribution in [2.24, 2.45) is 0 Å². The number of para-hydroxylation sites is 1. The number of benzene rings is 1. The highest BCUT2D eigenvalue weighted by molar-refractivity contribution is 5.83. The maximum atomic E-state index is 11.1. The third kappa shape index (κ3) is 1.76. The highest BCUT2D eigenvalue weighted by Crippen LogP contribution is 2.13. The van der Waals surface area contributed by atoms with Crippen LogP contribution in [-0.2, 0) is 16.0 Å². The van der Waals surface area contributed by atoms with E-state index in [1.165, 1.54) is 7.11 Å². The van der Waals surface area contributed by atoms with Crippen LogP contribution < -0.4 is 5.69 Å². The lowest BCUT2D eigenvalue weighted by Gasteiger charge is -2.00. The van der Waals surface area contributed by atoms with Crippen LogP contribution in [0.3, 0.4) is 0 Å². The minimum Gasteiger partial charge on any atom is -0.469 e. The number of methoxy groups -OCH3 is 1. The van der Waals surface area contributed by atoms with Gasteiger partial charge in [-0.25, -0.2) is 4.79 Å². The molecule has 1 heterocycles. The van der Waals surface area contributed by atoms with Crippen LogP contribution in [0.1, 0.15) is 5.56 Å². The summed E-state index contributed by atoms with van der Waals surface area (Å²) in [7, 11) is 1.34. The van der Waals surface area contributed by atoms with Crippen LogP contribution in [0.25, 0.3) is 11.0 Å². The van der Waals surface area contributed by atoms with Gasteiger partial charge in [-0.3, -0.25) is 4.79 Å². The number of fused-ring (bicyclic) bond motifs is 1. The Morgan fingerprint density at radius 1 is 1.40 bits per heavy atom. The minimum atomic E-state index is -0.329. The van der Waals surface area contributed by atoms with Crippen molar-refractivity contribution in [2.45, 2.75) is 6.42 Å². The second kappa shape index (κ2) is 3.61. The number of hydrogen-bond donors (Lipinski definition) is 2. The van der Waals surface area contributed by atoms with E-state index in [9.17, 15) is 9.59 Å². The third-order valence-electron chi connectivity index (χ3n) is 2.20. The monoisotopic (exact) mass is 206 g/mol. The van der Waals surface area contributed by atoms with Gasteiger partial charge in [0, 0.05) is 0 Å². The molecule has 0 spiro atoms. The molecule has 2 aromatic rings. The van der Waals surface area contributed by atoms with Crippen LogP contribution in [-0.4, -0.2) is 23.0 Å². The molecular formula is C10H10N2O3. The summed E-state index contributed by atoms with van der Waals surface area (Å²) in [5, 5.41) is 0. The third-order valence-corrected chi connectivity index (χ3v) is 2.20. The van der Waals surface area contributed by atoms with Gasteiger partial charge in [0.05, 0.1) is 24.6 Å². The van der Waals surface area contributed by atoms with Crippen molar-refractivity contribution in [2.75, 3.05) is 7.11 Å². The standard InChI is InChI=1S/C10H10N2O3/c1-15-8(13)5-6-3-2-4-7-9(6)12-10(14)11-7/h2-4H,5H2,1H3,(H2,11,12,14). The number of imidazole rings is 1. The van der Waals surface area contributed by atoms with Crippen LogP contribution >= 0.6 is 0 Å². The molecule has 0 aliphatic rings. The molecule has 2 rings (SSSR count). The molecule has 0 bridgehead atoms. The Kier molecular flexibility index (Phi) is 2.29. The molecule has 5 nitrogen and oxygen atoms in total. The first kappa shape index (κ1) is 9.51. The van der Waals surface area contributed by atoms with Crippen molar-refractivity contribution in [3.63, 3.8) is 0 Å². The number of nitrogens with one attached hydrogen (secondary N) is 2. The van der Waals surface area contributed by atoms with E-state index in [0.717, 1.165) is 5.56 Å². The zero-order valence-corrected chi connectivity index (χ0v) is 8.16. The number of ether oxygens (including phenoxy) is 1. The van der Waals surface area contributed by atoms with Crippen molar-refractivity contribution in [3.8, 4) is 0 Å². The Balaban J connectivity index is 2.50. The molecule has 0 radical (unpaired) electrons. The number of aromatic nitrogens is 2. The van der Waals surface area contributed by atoms with Gasteiger partial charge in [0.25, 0.3) is 0 Å². The molecule has 1 aromatic carbocycles. The van der Waals surface area contributed by atoms with Crippen molar-refractivity contribution < 1.29 is 9.53 Å². The maximum Gasteiger partial charge on any atom is 0.323 e. The van der Waals surface area contributed by atoms with E-state index < -0.39 is 0 Å². The van der Waals surface area contributed by atoms with Crippen LogP contribution in [0.2, 0.25) is 0 Å². The van der Waals surface area contributed by atoms with Gasteiger partial charge in [0.15, 0.2) is 0 Å². The van der Waals surface area contributed by atoms with Gasteiger partial charge in [0.2, 0.25) is 0 Å². The van der Waals surface area contributed by atoms with Gasteiger partial charge in [-0.05, 0) is 11.6 Å². The Labute approximate surface area is 85.1 Å². The van der Waals surface area contributed by atoms with E-state index in [4.69, 9.17) is 0 Å². The number of hydrogen-bond acceptors (Lipinski definition) is 3. The molecule has 15 heavy (non-hydrogen) atoms. The second-order valence-electron chi connectivity index (χ2n) is 3.17. The summed E-state index contributed by atoms with van der Waals surface area (Å²) in [4.78, 5) is 27.4. The fourth-order valence-corrected chi connectivity index (χ4v) is 1.49. The van der Waals surface area contributed by atoms with Gasteiger partial charge in [-0.1, -0.05) is 12.1 Å². The molecule has 0 fully saturated rings. The Bertz CT molecular complexity index is 553. The van der Waals surface area contributed by atoms with Crippen LogP contribution in [0.4, 0.5) is 0 Å². The summed E-state index contributed by atoms with van der Waals surface area (Å²) < 4.78 is 4.57. The zero-order chi connectivity index (χ0) is 10.8. The fraction of sp³-hybridized carbons (Fsp3) is 0.200. The molecular weight excluding hydrogens is 196 g/mol. The number of rotatable bonds is 2. The zero-order valence-electron chi connectivity index (χ0n) is 8.16. The fourth-order valence-electron chi connectivity index (χ4n) is 1.49. The van der Waals surface area contributed by atoms with E-state index in [1.807, 2.05) is 0 Å². The minimum absolute atomic E-state index is 0.154. The van der Waals surface area contributed by atoms with Gasteiger partial charge < -0.3 is 14.7 Å². The topological polar surface area (TPSA) is 75.0 Å².